The lowest BCUT2D eigenvalue weighted by Gasteiger charge is -2.30. The first-order valence-corrected chi connectivity index (χ1v) is 9.86. The Bertz CT molecular complexity index is 740. The Balaban J connectivity index is 2.23. The average molecular weight is 369 g/mol. The highest BCUT2D eigenvalue weighted by Gasteiger charge is 2.43. The highest BCUT2D eigenvalue weighted by atomic mass is 35.9. The van der Waals surface area contributed by atoms with Crippen LogP contribution in [0.25, 0.3) is 0 Å². The van der Waals surface area contributed by atoms with E-state index < -0.39 is 29.2 Å². The Hall–Kier alpha value is -0.850. The van der Waals surface area contributed by atoms with Gasteiger partial charge in [0.05, 0.1) is 6.61 Å². The monoisotopic (exact) mass is 368 g/mol. The minimum Gasteiger partial charge on any atom is -0.345 e. The van der Waals surface area contributed by atoms with E-state index in [4.69, 9.17) is 31.7 Å². The van der Waals surface area contributed by atoms with Crippen LogP contribution in [0.2, 0.25) is 0 Å². The molecule has 1 fully saturated rings. The molecule has 0 spiro atoms. The van der Waals surface area contributed by atoms with Gasteiger partial charge >= 0.3 is 11.8 Å². The minimum atomic E-state index is -3.70. The van der Waals surface area contributed by atoms with Gasteiger partial charge < -0.3 is 9.26 Å². The van der Waals surface area contributed by atoms with Gasteiger partial charge in [-0.15, -0.1) is 0 Å². The number of ether oxygens (including phenoxy) is 1. The van der Waals surface area contributed by atoms with Crippen molar-refractivity contribution in [3.8, 4) is 0 Å². The Morgan fingerprint density at radius 2 is 2.32 bits per heavy atom. The third-order valence-corrected chi connectivity index (χ3v) is 4.56. The summed E-state index contributed by atoms with van der Waals surface area (Å²) in [5.74, 6) is 0. The molecule has 2 rings (SSSR count). The van der Waals surface area contributed by atoms with Crippen molar-refractivity contribution in [3.05, 3.63) is 45.3 Å². The van der Waals surface area contributed by atoms with E-state index in [1.807, 2.05) is 0 Å². The van der Waals surface area contributed by atoms with Gasteiger partial charge in [0.15, 0.2) is 0 Å². The van der Waals surface area contributed by atoms with Crippen LogP contribution in [-0.4, -0.2) is 21.8 Å². The molecule has 0 unspecified atom stereocenters. The van der Waals surface area contributed by atoms with Gasteiger partial charge in [0, 0.05) is 12.3 Å². The molecule has 2 heterocycles. The summed E-state index contributed by atoms with van der Waals surface area (Å²) in [6, 6.07) is 1.23. The molecule has 0 amide bonds. The molecule has 1 aliphatic heterocycles. The van der Waals surface area contributed by atoms with Gasteiger partial charge in [-0.25, -0.2) is 4.79 Å². The van der Waals surface area contributed by atoms with Crippen LogP contribution < -0.4 is 11.2 Å². The number of halogens is 2. The summed E-state index contributed by atoms with van der Waals surface area (Å²) in [6.45, 7) is 5.44. The molecule has 7 nitrogen and oxygen atoms in total. The number of hydrogen-bond donors (Lipinski definition) is 1. The van der Waals surface area contributed by atoms with Crippen LogP contribution in [0.5, 0.6) is 0 Å². The molecule has 0 aliphatic carbocycles. The molecule has 0 bridgehead atoms. The Morgan fingerprint density at radius 3 is 2.86 bits per heavy atom. The van der Waals surface area contributed by atoms with E-state index in [-0.39, 0.29) is 6.61 Å². The van der Waals surface area contributed by atoms with Gasteiger partial charge in [-0.2, -0.15) is 0 Å². The van der Waals surface area contributed by atoms with Crippen LogP contribution in [0, 0.1) is 0 Å². The molecule has 2 atom stereocenters. The largest absolute Gasteiger partial charge is 0.380 e. The van der Waals surface area contributed by atoms with E-state index >= 15 is 0 Å². The van der Waals surface area contributed by atoms with Crippen LogP contribution in [0.1, 0.15) is 26.0 Å². The van der Waals surface area contributed by atoms with E-state index in [2.05, 4.69) is 11.6 Å². The normalized spacial score (nSPS) is 25.3. The van der Waals surface area contributed by atoms with E-state index in [9.17, 15) is 14.2 Å². The summed E-state index contributed by atoms with van der Waals surface area (Å²) >= 11 is 10.8. The highest BCUT2D eigenvalue weighted by Crippen LogP contribution is 2.58. The molecule has 0 saturated carbocycles. The maximum absolute atomic E-state index is 11.8. The number of rotatable bonds is 5. The summed E-state index contributed by atoms with van der Waals surface area (Å²) < 4.78 is 23.4. The maximum atomic E-state index is 11.8. The molecule has 1 aromatic heterocycles. The lowest BCUT2D eigenvalue weighted by atomic mass is 9.94. The van der Waals surface area contributed by atoms with Crippen molar-refractivity contribution in [1.82, 2.24) is 9.55 Å². The zero-order valence-electron chi connectivity index (χ0n) is 11.8. The quantitative estimate of drug-likeness (QED) is 0.637. The Labute approximate surface area is 135 Å². The zero-order valence-corrected chi connectivity index (χ0v) is 14.2. The third kappa shape index (κ3) is 3.91. The van der Waals surface area contributed by atoms with Gasteiger partial charge in [-0.05, 0) is 47.8 Å². The number of nitrogens with zero attached hydrogens (tertiary/aromatic N) is 1. The predicted molar refractivity (Wildman–Crippen MR) is 83.5 cm³/mol. The molecule has 122 valence electrons. The second-order valence-corrected chi connectivity index (χ2v) is 9.37. The minimum absolute atomic E-state index is 0.138. The summed E-state index contributed by atoms with van der Waals surface area (Å²) in [5.41, 5.74) is -1.37. The summed E-state index contributed by atoms with van der Waals surface area (Å²) in [4.78, 5) is 25.1. The van der Waals surface area contributed by atoms with Crippen LogP contribution in [0.15, 0.2) is 34.0 Å². The molecule has 1 aliphatic rings. The predicted octanol–water partition coefficient (Wildman–Crippen LogP) is 2.76. The number of hydrogen-bond acceptors (Lipinski definition) is 5. The molecule has 22 heavy (non-hydrogen) atoms. The second-order valence-electron chi connectivity index (χ2n) is 5.09. The highest BCUT2D eigenvalue weighted by molar-refractivity contribution is 8.05. The van der Waals surface area contributed by atoms with Crippen LogP contribution in [0.3, 0.4) is 0 Å². The first-order chi connectivity index (χ1) is 10.1. The number of aromatic amines is 1. The number of aromatic nitrogens is 2. The smallest absolute Gasteiger partial charge is 0.345 e. The summed E-state index contributed by atoms with van der Waals surface area (Å²) in [6.07, 6.45) is -1.99. The van der Waals surface area contributed by atoms with Crippen molar-refractivity contribution in [2.75, 3.05) is 6.61 Å². The van der Waals surface area contributed by atoms with Crippen molar-refractivity contribution in [2.45, 2.75) is 31.6 Å². The first-order valence-electron chi connectivity index (χ1n) is 6.42. The summed E-state index contributed by atoms with van der Waals surface area (Å²) in [5, 5.41) is 0. The van der Waals surface area contributed by atoms with Gasteiger partial charge in [-0.1, -0.05) is 6.58 Å². The number of H-pyrrole nitrogens is 1. The van der Waals surface area contributed by atoms with Crippen molar-refractivity contribution in [1.29, 1.82) is 0 Å². The van der Waals surface area contributed by atoms with Crippen LogP contribution in [-0.2, 0) is 13.8 Å². The van der Waals surface area contributed by atoms with Crippen molar-refractivity contribution < 1.29 is 13.8 Å². The van der Waals surface area contributed by atoms with Gasteiger partial charge in [0.1, 0.15) is 11.8 Å². The molecule has 0 radical (unpaired) electrons. The lowest BCUT2D eigenvalue weighted by Crippen LogP contribution is -2.37. The SMILES string of the molecule is C=C(C)[C@@]1(COP(=O)(Cl)Cl)CC[C@H](n2ccc(=O)[nH]c2=O)O1. The molecule has 1 saturated heterocycles. The molecular formula is C12H15Cl2N2O5P. The molecule has 1 N–H and O–H groups in total. The Kier molecular flexibility index (Phi) is 5.04. The molecule has 10 heteroatoms. The lowest BCUT2D eigenvalue weighted by molar-refractivity contribution is -0.0709. The molecular weight excluding hydrogens is 354 g/mol. The van der Waals surface area contributed by atoms with Gasteiger partial charge in [0.2, 0.25) is 0 Å². The zero-order chi connectivity index (χ0) is 16.5. The van der Waals surface area contributed by atoms with E-state index in [0.717, 1.165) is 0 Å². The fourth-order valence-electron chi connectivity index (χ4n) is 2.31. The topological polar surface area (TPSA) is 90.4 Å². The van der Waals surface area contributed by atoms with Crippen molar-refractivity contribution >= 4 is 28.6 Å². The fourth-order valence-corrected chi connectivity index (χ4v) is 2.96. The van der Waals surface area contributed by atoms with E-state index in [1.54, 1.807) is 6.92 Å². The number of nitrogens with one attached hydrogen (secondary N) is 1. The van der Waals surface area contributed by atoms with Crippen LogP contribution in [0.4, 0.5) is 0 Å². The van der Waals surface area contributed by atoms with Crippen molar-refractivity contribution in [3.63, 3.8) is 0 Å². The van der Waals surface area contributed by atoms with E-state index in [0.29, 0.717) is 18.4 Å². The average Bonchev–Trinajstić information content (AvgIpc) is 2.81. The third-order valence-electron chi connectivity index (χ3n) is 3.54. The van der Waals surface area contributed by atoms with Crippen molar-refractivity contribution in [2.24, 2.45) is 0 Å². The fraction of sp³-hybridized carbons (Fsp3) is 0.500. The second kappa shape index (κ2) is 6.34. The van der Waals surface area contributed by atoms with Gasteiger partial charge in [-0.3, -0.25) is 18.9 Å². The molecule has 1 aromatic rings. The Morgan fingerprint density at radius 1 is 1.64 bits per heavy atom. The maximum Gasteiger partial charge on any atom is 0.380 e. The van der Waals surface area contributed by atoms with Crippen LogP contribution >= 0.6 is 28.6 Å². The molecule has 0 aromatic carbocycles. The first kappa shape index (κ1) is 17.5. The van der Waals surface area contributed by atoms with E-state index in [1.165, 1.54) is 16.8 Å². The van der Waals surface area contributed by atoms with Gasteiger partial charge in [0.25, 0.3) is 5.56 Å². The summed E-state index contributed by atoms with van der Waals surface area (Å²) in [7, 11) is 0. The standard InChI is InChI=1S/C12H15Cl2N2O5P/c1-8(2)12(7-20-22(13,14)19)5-3-10(21-12)16-6-4-9(17)15-11(16)18/h4,6,10H,1,3,5,7H2,2H3,(H,15,17,18)/t10-,12+/m1/s1.